The molecular weight excluding hydrogens is 328 g/mol. The molecule has 0 saturated heterocycles. The first kappa shape index (κ1) is 14.9. The van der Waals surface area contributed by atoms with E-state index >= 15 is 0 Å². The van der Waals surface area contributed by atoms with E-state index in [-0.39, 0.29) is 10.2 Å². The van der Waals surface area contributed by atoms with Crippen LogP contribution in [0, 0.1) is 11.6 Å². The van der Waals surface area contributed by atoms with Crippen LogP contribution in [0.5, 0.6) is 0 Å². The Bertz CT molecular complexity index is 604. The zero-order chi connectivity index (χ0) is 14.5. The largest absolute Gasteiger partial charge is 0.380 e. The topological polar surface area (TPSA) is 21.3 Å². The monoisotopic (exact) mass is 341 g/mol. The molecule has 0 aliphatic carbocycles. The lowest BCUT2D eigenvalue weighted by Gasteiger charge is -2.12. The molecular formula is C15H14BrF2NO. The minimum Gasteiger partial charge on any atom is -0.380 e. The summed E-state index contributed by atoms with van der Waals surface area (Å²) < 4.78 is 32.1. The van der Waals surface area contributed by atoms with Crippen molar-refractivity contribution in [3.05, 3.63) is 63.6 Å². The van der Waals surface area contributed by atoms with Crippen LogP contribution >= 0.6 is 15.9 Å². The Kier molecular flexibility index (Phi) is 5.09. The third kappa shape index (κ3) is 3.55. The summed E-state index contributed by atoms with van der Waals surface area (Å²) in [6.07, 6.45) is 0. The van der Waals surface area contributed by atoms with Crippen molar-refractivity contribution < 1.29 is 13.5 Å². The van der Waals surface area contributed by atoms with Crippen molar-refractivity contribution >= 4 is 21.6 Å². The molecule has 0 atom stereocenters. The molecule has 20 heavy (non-hydrogen) atoms. The van der Waals surface area contributed by atoms with Gasteiger partial charge in [0.1, 0.15) is 11.6 Å². The van der Waals surface area contributed by atoms with Gasteiger partial charge in [-0.15, -0.1) is 0 Å². The number of ether oxygens (including phenoxy) is 1. The number of methoxy groups -OCH3 is 1. The first-order chi connectivity index (χ1) is 9.61. The molecule has 0 radical (unpaired) electrons. The van der Waals surface area contributed by atoms with Crippen molar-refractivity contribution in [3.8, 4) is 0 Å². The summed E-state index contributed by atoms with van der Waals surface area (Å²) in [5, 5.41) is 2.97. The fourth-order valence-electron chi connectivity index (χ4n) is 1.87. The zero-order valence-electron chi connectivity index (χ0n) is 10.9. The molecule has 0 aliphatic heterocycles. The third-order valence-corrected chi connectivity index (χ3v) is 3.51. The van der Waals surface area contributed by atoms with Crippen molar-refractivity contribution in [2.75, 3.05) is 12.4 Å². The number of rotatable bonds is 5. The molecule has 0 fully saturated rings. The number of nitrogens with one attached hydrogen (secondary N) is 1. The Morgan fingerprint density at radius 1 is 1.10 bits per heavy atom. The Balaban J connectivity index is 2.15. The second-order valence-electron chi connectivity index (χ2n) is 4.30. The summed E-state index contributed by atoms with van der Waals surface area (Å²) in [5.41, 5.74) is 2.30. The Morgan fingerprint density at radius 3 is 2.50 bits per heavy atom. The molecule has 0 heterocycles. The average Bonchev–Trinajstić information content (AvgIpc) is 2.43. The molecule has 0 spiro atoms. The molecule has 2 nitrogen and oxygen atoms in total. The molecule has 5 heteroatoms. The summed E-state index contributed by atoms with van der Waals surface area (Å²) in [6, 6.07) is 9.98. The summed E-state index contributed by atoms with van der Waals surface area (Å²) >= 11 is 3.04. The van der Waals surface area contributed by atoms with Crippen molar-refractivity contribution in [1.82, 2.24) is 0 Å². The van der Waals surface area contributed by atoms with E-state index in [1.807, 2.05) is 24.3 Å². The van der Waals surface area contributed by atoms with Gasteiger partial charge in [0.05, 0.1) is 16.8 Å². The number of anilines is 1. The van der Waals surface area contributed by atoms with Crippen molar-refractivity contribution in [2.45, 2.75) is 13.2 Å². The van der Waals surface area contributed by atoms with Crippen molar-refractivity contribution in [1.29, 1.82) is 0 Å². The molecule has 1 N–H and O–H groups in total. The van der Waals surface area contributed by atoms with E-state index in [9.17, 15) is 8.78 Å². The van der Waals surface area contributed by atoms with Crippen molar-refractivity contribution in [3.63, 3.8) is 0 Å². The van der Waals surface area contributed by atoms with Crippen LogP contribution in [0.25, 0.3) is 0 Å². The van der Waals surface area contributed by atoms with Crippen molar-refractivity contribution in [2.24, 2.45) is 0 Å². The number of hydrogen-bond donors (Lipinski definition) is 1. The zero-order valence-corrected chi connectivity index (χ0v) is 12.5. The lowest BCUT2D eigenvalue weighted by molar-refractivity contribution is 0.184. The number of halogens is 3. The van der Waals surface area contributed by atoms with Crippen LogP contribution < -0.4 is 5.32 Å². The van der Waals surface area contributed by atoms with Gasteiger partial charge in [-0.05, 0) is 33.1 Å². The lowest BCUT2D eigenvalue weighted by Crippen LogP contribution is -2.05. The molecule has 0 aromatic heterocycles. The van der Waals surface area contributed by atoms with E-state index in [4.69, 9.17) is 4.74 Å². The second kappa shape index (κ2) is 6.81. The average molecular weight is 342 g/mol. The van der Waals surface area contributed by atoms with Crippen LogP contribution in [0.1, 0.15) is 11.1 Å². The fourth-order valence-corrected chi connectivity index (χ4v) is 2.22. The summed E-state index contributed by atoms with van der Waals surface area (Å²) in [4.78, 5) is 0. The highest BCUT2D eigenvalue weighted by molar-refractivity contribution is 9.10. The first-order valence-corrected chi connectivity index (χ1v) is 6.85. The predicted molar refractivity (Wildman–Crippen MR) is 78.5 cm³/mol. The van der Waals surface area contributed by atoms with Crippen LogP contribution in [0.3, 0.4) is 0 Å². The standard InChI is InChI=1S/C15H14BrF2NO/c1-20-9-11-5-3-2-4-10(11)8-19-15-6-12(16)13(17)7-14(15)18/h2-7,19H,8-9H2,1H3. The van der Waals surface area contributed by atoms with Gasteiger partial charge in [-0.1, -0.05) is 24.3 Å². The maximum atomic E-state index is 13.6. The predicted octanol–water partition coefficient (Wildman–Crippen LogP) is 4.49. The smallest absolute Gasteiger partial charge is 0.149 e. The van der Waals surface area contributed by atoms with Crippen LogP contribution in [0.2, 0.25) is 0 Å². The van der Waals surface area contributed by atoms with Crippen LogP contribution in [0.15, 0.2) is 40.9 Å². The highest BCUT2D eigenvalue weighted by atomic mass is 79.9. The van der Waals surface area contributed by atoms with Gasteiger partial charge in [-0.3, -0.25) is 0 Å². The fraction of sp³-hybridized carbons (Fsp3) is 0.200. The highest BCUT2D eigenvalue weighted by Gasteiger charge is 2.09. The van der Waals surface area contributed by atoms with Crippen LogP contribution in [-0.4, -0.2) is 7.11 Å². The molecule has 0 aliphatic rings. The molecule has 2 aromatic rings. The molecule has 0 bridgehead atoms. The van der Waals surface area contributed by atoms with Gasteiger partial charge in [0.2, 0.25) is 0 Å². The van der Waals surface area contributed by atoms with Crippen LogP contribution in [0.4, 0.5) is 14.5 Å². The van der Waals surface area contributed by atoms with E-state index in [1.54, 1.807) is 7.11 Å². The second-order valence-corrected chi connectivity index (χ2v) is 5.16. The van der Waals surface area contributed by atoms with Gasteiger partial charge >= 0.3 is 0 Å². The number of hydrogen-bond acceptors (Lipinski definition) is 2. The summed E-state index contributed by atoms with van der Waals surface area (Å²) in [5.74, 6) is -1.23. The molecule has 2 rings (SSSR count). The number of benzene rings is 2. The van der Waals surface area contributed by atoms with E-state index in [0.29, 0.717) is 13.2 Å². The minimum atomic E-state index is -0.618. The lowest BCUT2D eigenvalue weighted by atomic mass is 10.1. The van der Waals surface area contributed by atoms with Gasteiger partial charge in [-0.25, -0.2) is 8.78 Å². The van der Waals surface area contributed by atoms with Gasteiger partial charge in [0.15, 0.2) is 0 Å². The summed E-state index contributed by atoms with van der Waals surface area (Å²) in [7, 11) is 1.63. The van der Waals surface area contributed by atoms with E-state index in [0.717, 1.165) is 17.2 Å². The van der Waals surface area contributed by atoms with Gasteiger partial charge < -0.3 is 10.1 Å². The molecule has 0 amide bonds. The Labute approximate surface area is 124 Å². The minimum absolute atomic E-state index is 0.228. The van der Waals surface area contributed by atoms with E-state index < -0.39 is 11.6 Å². The third-order valence-electron chi connectivity index (χ3n) is 2.90. The van der Waals surface area contributed by atoms with E-state index in [2.05, 4.69) is 21.2 Å². The molecule has 0 unspecified atom stereocenters. The quantitative estimate of drug-likeness (QED) is 0.809. The highest BCUT2D eigenvalue weighted by Crippen LogP contribution is 2.24. The molecule has 2 aromatic carbocycles. The first-order valence-electron chi connectivity index (χ1n) is 6.06. The van der Waals surface area contributed by atoms with Gasteiger partial charge in [0.25, 0.3) is 0 Å². The Hall–Kier alpha value is -1.46. The van der Waals surface area contributed by atoms with Gasteiger partial charge in [0, 0.05) is 19.7 Å². The molecule has 0 saturated carbocycles. The maximum absolute atomic E-state index is 13.6. The van der Waals surface area contributed by atoms with E-state index in [1.165, 1.54) is 6.07 Å². The Morgan fingerprint density at radius 2 is 1.80 bits per heavy atom. The normalized spacial score (nSPS) is 10.6. The molecule has 106 valence electrons. The van der Waals surface area contributed by atoms with Gasteiger partial charge in [-0.2, -0.15) is 0 Å². The maximum Gasteiger partial charge on any atom is 0.149 e. The SMILES string of the molecule is COCc1ccccc1CNc1cc(Br)c(F)cc1F. The summed E-state index contributed by atoms with van der Waals surface area (Å²) in [6.45, 7) is 0.933. The van der Waals surface area contributed by atoms with Crippen LogP contribution in [-0.2, 0) is 17.9 Å².